The molecule has 574 valence electrons. The summed E-state index contributed by atoms with van der Waals surface area (Å²) in [6.07, 6.45) is 27.7. The van der Waals surface area contributed by atoms with E-state index < -0.39 is 39.2 Å². The molecule has 2 aromatic rings. The second-order valence-corrected chi connectivity index (χ2v) is 56.1. The van der Waals surface area contributed by atoms with Gasteiger partial charge in [-0.05, 0) is 216 Å². The smallest absolute Gasteiger partial charge is 0.870 e. The van der Waals surface area contributed by atoms with E-state index in [0.717, 1.165) is 83.5 Å². The molecular weight excluding hydrogens is 1300 g/mol. The first-order valence-electron chi connectivity index (χ1n) is 39.9. The summed E-state index contributed by atoms with van der Waals surface area (Å²) in [4.78, 5) is 22.7. The van der Waals surface area contributed by atoms with Crippen molar-refractivity contribution in [1.29, 1.82) is 0 Å². The van der Waals surface area contributed by atoms with Crippen LogP contribution in [0.4, 0.5) is 0 Å². The molecule has 4 rings (SSSR count). The number of carboxylic acids is 1. The van der Waals surface area contributed by atoms with E-state index in [9.17, 15) is 9.59 Å². The van der Waals surface area contributed by atoms with E-state index in [4.69, 9.17) is 27.5 Å². The Morgan fingerprint density at radius 3 is 1.00 bits per heavy atom. The fourth-order valence-electron chi connectivity index (χ4n) is 20.3. The van der Waals surface area contributed by atoms with Crippen LogP contribution in [0.2, 0.25) is 66.5 Å². The summed E-state index contributed by atoms with van der Waals surface area (Å²) in [6, 6.07) is 22.0. The molecule has 10 nitrogen and oxygen atoms in total. The van der Waals surface area contributed by atoms with Gasteiger partial charge in [-0.15, -0.1) is 0 Å². The largest absolute Gasteiger partial charge is 1.00 e. The molecule has 2 aliphatic carbocycles. The Kier molecular flexibility index (Phi) is 46.8. The summed E-state index contributed by atoms with van der Waals surface area (Å²) >= 11 is 0. The first kappa shape index (κ1) is 98.1. The molecule has 4 N–H and O–H groups in total. The third kappa shape index (κ3) is 27.4. The Labute approximate surface area is 633 Å². The Morgan fingerprint density at radius 1 is 0.440 bits per heavy atom. The van der Waals surface area contributed by atoms with Crippen molar-refractivity contribution < 1.29 is 66.9 Å². The number of aryl methyl sites for hydroxylation is 2. The molecule has 0 unspecified atom stereocenters. The van der Waals surface area contributed by atoms with Gasteiger partial charge in [-0.3, -0.25) is 9.59 Å². The van der Waals surface area contributed by atoms with Gasteiger partial charge < -0.3 is 38.5 Å². The minimum Gasteiger partial charge on any atom is -0.870 e. The van der Waals surface area contributed by atoms with Crippen molar-refractivity contribution in [3.05, 3.63) is 96.1 Å². The summed E-state index contributed by atoms with van der Waals surface area (Å²) < 4.78 is 35.2. The number of unbranched alkanes of at least 4 members (excludes halogenated alkanes) is 2. The molecule has 0 saturated heterocycles. The van der Waals surface area contributed by atoms with Crippen molar-refractivity contribution in [1.82, 2.24) is 0 Å². The van der Waals surface area contributed by atoms with Gasteiger partial charge in [-0.1, -0.05) is 265 Å². The third-order valence-electron chi connectivity index (χ3n) is 24.7. The van der Waals surface area contributed by atoms with Crippen LogP contribution in [0.5, 0.6) is 0 Å². The molecule has 0 radical (unpaired) electrons. The van der Waals surface area contributed by atoms with Crippen molar-refractivity contribution in [3.8, 4) is 0 Å². The van der Waals surface area contributed by atoms with Gasteiger partial charge in [0.05, 0.1) is 7.11 Å². The number of esters is 1. The fourth-order valence-corrected chi connectivity index (χ4v) is 42.8. The van der Waals surface area contributed by atoms with E-state index in [1.807, 2.05) is 0 Å². The van der Waals surface area contributed by atoms with Gasteiger partial charge >= 0.3 is 30.8 Å². The minimum absolute atomic E-state index is 0. The molecule has 2 fully saturated rings. The number of carboxylic acid groups (broad SMARTS) is 1. The Balaban J connectivity index is 0.00000190. The number of benzene rings is 2. The predicted molar refractivity (Wildman–Crippen MR) is 434 cm³/mol. The molecule has 2 aromatic carbocycles. The van der Waals surface area contributed by atoms with E-state index >= 15 is 0 Å². The van der Waals surface area contributed by atoms with Crippen LogP contribution in [0.1, 0.15) is 294 Å². The molecule has 0 heterocycles. The van der Waals surface area contributed by atoms with E-state index in [2.05, 4.69) is 265 Å². The van der Waals surface area contributed by atoms with E-state index in [1.54, 1.807) is 0 Å². The number of methoxy groups -OCH3 is 1. The van der Waals surface area contributed by atoms with Crippen LogP contribution in [-0.4, -0.2) is 92.8 Å². The van der Waals surface area contributed by atoms with Gasteiger partial charge in [0, 0.05) is 37.3 Å². The number of ether oxygens (including phenoxy) is 1. The van der Waals surface area contributed by atoms with E-state index in [0.29, 0.717) is 121 Å². The first-order valence-corrected chi connectivity index (χ1v) is 48.5. The molecular formula is C85H157LiO10Si4. The summed E-state index contributed by atoms with van der Waals surface area (Å²) in [7, 11) is -6.66. The standard InChI is InChI=1S/C43H78O4Si2.C42H76O4Si2.Li.2H2O/c1-31(2)48(32(3)4,33(5)6)46-39(27-26-38-22-18-17-19-23-38)28-29-40-37(13)30-42(47-49(34(7)8,35(9)10)36(11)12)41(40)24-20-15-16-21-25-43(44)45-14;1-30(2)47(31(3)4,32(5)6)45-38(26-25-37-21-17-16-18-22-37)27-28-39-36(13)29-41(40(39)23-19-14-15-20-24-42(43)44)46-48(33(7)8,34(9)10)35(11)12;;;/h15,17-20,22-23,31-37,39-42H,16,21,24-30H2,1-14H3;14,16-19,21-22,30-36,38-41H,15,20,23-29H2,1-13H3,(H,43,44);;2*1H2/q;;+1;;/p-1/b20-15-;19-14-;;;/t37-,39+,40+,41-,42+;36-,38+,39+,40-,41+;;;/m11.../s1. The van der Waals surface area contributed by atoms with Crippen LogP contribution in [0, 0.1) is 35.5 Å². The molecule has 0 aliphatic heterocycles. The molecule has 0 amide bonds. The average molecular weight is 1460 g/mol. The van der Waals surface area contributed by atoms with Gasteiger partial charge in [0.2, 0.25) is 33.3 Å². The maximum Gasteiger partial charge on any atom is 1.00 e. The second-order valence-electron chi connectivity index (χ2n) is 34.5. The van der Waals surface area contributed by atoms with Crippen molar-refractivity contribution >= 4 is 45.2 Å². The number of hydrogen-bond donors (Lipinski definition) is 1. The van der Waals surface area contributed by atoms with Crippen LogP contribution in [-0.2, 0) is 44.9 Å². The van der Waals surface area contributed by atoms with Crippen molar-refractivity contribution in [3.63, 3.8) is 0 Å². The number of hydrogen-bond acceptors (Lipinski definition) is 8. The molecule has 0 bridgehead atoms. The monoisotopic (exact) mass is 1460 g/mol. The van der Waals surface area contributed by atoms with Gasteiger partial charge in [-0.2, -0.15) is 0 Å². The zero-order chi connectivity index (χ0) is 73.2. The summed E-state index contributed by atoms with van der Waals surface area (Å²) in [6.45, 7) is 62.9. The van der Waals surface area contributed by atoms with Crippen LogP contribution in [0.15, 0.2) is 85.0 Å². The molecule has 2 aliphatic rings. The quantitative estimate of drug-likeness (QED) is 0.0295. The summed E-state index contributed by atoms with van der Waals surface area (Å²) in [5.74, 6) is 2.60. The minimum atomic E-state index is -2.04. The van der Waals surface area contributed by atoms with Gasteiger partial charge in [0.25, 0.3) is 0 Å². The van der Waals surface area contributed by atoms with Gasteiger partial charge in [0.1, 0.15) is 0 Å². The molecule has 0 aromatic heterocycles. The van der Waals surface area contributed by atoms with Crippen LogP contribution in [0.25, 0.3) is 0 Å². The predicted octanol–water partition coefficient (Wildman–Crippen LogP) is 22.1. The first-order chi connectivity index (χ1) is 45.5. The summed E-state index contributed by atoms with van der Waals surface area (Å²) in [5.41, 5.74) is 9.69. The summed E-state index contributed by atoms with van der Waals surface area (Å²) in [5, 5.41) is 9.11. The van der Waals surface area contributed by atoms with E-state index in [1.165, 1.54) is 31.1 Å². The molecule has 0 spiro atoms. The number of carbonyl (C=O) groups is 2. The average Bonchev–Trinajstić information content (AvgIpc) is 1.56. The zero-order valence-electron chi connectivity index (χ0n) is 69.8. The molecule has 2 saturated carbocycles. The fraction of sp³-hybridized carbons (Fsp3) is 0.788. The van der Waals surface area contributed by atoms with Crippen LogP contribution < -0.4 is 18.9 Å². The zero-order valence-corrected chi connectivity index (χ0v) is 73.8. The molecule has 100 heavy (non-hydrogen) atoms. The Bertz CT molecular complexity index is 2450. The topological polar surface area (TPSA) is 162 Å². The number of aliphatic carboxylic acids is 1. The molecule has 10 atom stereocenters. The Hall–Kier alpha value is -1.92. The number of rotatable bonds is 44. The van der Waals surface area contributed by atoms with Crippen molar-refractivity contribution in [2.45, 2.75) is 387 Å². The Morgan fingerprint density at radius 2 is 0.730 bits per heavy atom. The number of allylic oxidation sites excluding steroid dienone is 4. The van der Waals surface area contributed by atoms with Gasteiger partial charge in [0.15, 0.2) is 0 Å². The molecule has 15 heteroatoms. The normalized spacial score (nSPS) is 20.9. The SMILES string of the molecule is CC(C)[Si](O[C@@H](CCc1ccccc1)CC[C@@H]1[C@@H](C/C=C\CCCC(=O)O)[C@@H](O[Si](C(C)C)(C(C)C)C(C)C)C[C@H]1C)(C(C)C)C(C)C.COC(=O)CCC/C=C\C[C@@H]1[C@@H](CC[C@H](CCc2ccccc2)O[Si](C(C)C)(C(C)C)C(C)C)[C@H](C)C[C@@H]1O[Si](C(C)C)(C(C)C)C(C)C.O.[Li+].[OH-]. The number of carbonyl (C=O) groups excluding carboxylic acids is 1. The van der Waals surface area contributed by atoms with Crippen LogP contribution >= 0.6 is 0 Å². The maximum atomic E-state index is 11.7. The second kappa shape index (κ2) is 47.7. The van der Waals surface area contributed by atoms with E-state index in [-0.39, 0.29) is 60.5 Å². The van der Waals surface area contributed by atoms with Gasteiger partial charge in [-0.25, -0.2) is 0 Å². The van der Waals surface area contributed by atoms with Crippen molar-refractivity contribution in [2.75, 3.05) is 7.11 Å². The third-order valence-corrected chi connectivity index (χ3v) is 49.3. The van der Waals surface area contributed by atoms with Crippen LogP contribution in [0.3, 0.4) is 0 Å². The van der Waals surface area contributed by atoms with Crippen molar-refractivity contribution in [2.24, 2.45) is 35.5 Å². The maximum absolute atomic E-state index is 11.7.